The molecule has 0 aliphatic heterocycles. The summed E-state index contributed by atoms with van der Waals surface area (Å²) < 4.78 is 20.5. The lowest BCUT2D eigenvalue weighted by molar-refractivity contribution is 0.0422. The molecule has 3 nitrogen and oxygen atoms in total. The standard InChI is InChI=1S/C29H60O3Si3.C2H6/c1-18-21-26(32-35(16,17)29(9,10)11)24(22-20-23-30-33(12,13)27(3,4)5)25(19-2)31-34(14,15)28(6,7)8;1-2/h1,19,24-26H,2,20-23H2,3-17H3;1-2H3/t24-,25-,26-;/m1./s1. The number of terminal acetylenes is 1. The van der Waals surface area contributed by atoms with Crippen molar-refractivity contribution in [3.8, 4) is 12.3 Å². The SMILES string of the molecule is C#CC[C@@H](O[Si](C)(C)C(C)(C)C)[C@H](CCCO[Si](C)(C)C(C)(C)C)[C@@H](C=C)O[Si](C)(C)C(C)(C)C.CC. The Morgan fingerprint density at radius 1 is 0.757 bits per heavy atom. The molecular formula is C31H66O3Si3. The molecule has 0 aromatic heterocycles. The second kappa shape index (κ2) is 15.0. The molecule has 0 aromatic carbocycles. The molecule has 0 rings (SSSR count). The Kier molecular flexibility index (Phi) is 15.8. The highest BCUT2D eigenvalue weighted by atomic mass is 28.4. The molecule has 0 unspecified atom stereocenters. The molecule has 37 heavy (non-hydrogen) atoms. The maximum atomic E-state index is 6.99. The second-order valence-electron chi connectivity index (χ2n) is 14.8. The van der Waals surface area contributed by atoms with Crippen LogP contribution in [0.1, 0.15) is 95.4 Å². The lowest BCUT2D eigenvalue weighted by Gasteiger charge is -2.45. The van der Waals surface area contributed by atoms with E-state index in [0.29, 0.717) is 6.42 Å². The summed E-state index contributed by atoms with van der Waals surface area (Å²) >= 11 is 0. The lowest BCUT2D eigenvalue weighted by Crippen LogP contribution is -2.50. The molecule has 0 heterocycles. The molecular weight excluding hydrogens is 505 g/mol. The van der Waals surface area contributed by atoms with Crippen molar-refractivity contribution in [2.45, 2.75) is 162 Å². The molecule has 0 aliphatic rings. The first kappa shape index (κ1) is 39.0. The first-order chi connectivity index (χ1) is 16.4. The quantitative estimate of drug-likeness (QED) is 0.0953. The fourth-order valence-corrected chi connectivity index (χ4v) is 6.96. The number of hydrogen-bond donors (Lipinski definition) is 0. The second-order valence-corrected chi connectivity index (χ2v) is 29.1. The summed E-state index contributed by atoms with van der Waals surface area (Å²) in [5, 5.41) is 0.435. The molecule has 0 aromatic rings. The van der Waals surface area contributed by atoms with Gasteiger partial charge in [0, 0.05) is 18.9 Å². The summed E-state index contributed by atoms with van der Waals surface area (Å²) in [6.07, 6.45) is 10.3. The molecule has 0 saturated carbocycles. The van der Waals surface area contributed by atoms with E-state index in [2.05, 4.69) is 114 Å². The van der Waals surface area contributed by atoms with Crippen LogP contribution in [0.3, 0.4) is 0 Å². The van der Waals surface area contributed by atoms with Crippen molar-refractivity contribution in [1.82, 2.24) is 0 Å². The largest absolute Gasteiger partial charge is 0.417 e. The van der Waals surface area contributed by atoms with Gasteiger partial charge in [-0.3, -0.25) is 0 Å². The van der Waals surface area contributed by atoms with E-state index in [0.717, 1.165) is 19.4 Å². The van der Waals surface area contributed by atoms with Crippen LogP contribution < -0.4 is 0 Å². The molecule has 6 heteroatoms. The minimum absolute atomic E-state index is 0.0541. The maximum absolute atomic E-state index is 6.99. The Balaban J connectivity index is 0. The van der Waals surface area contributed by atoms with Gasteiger partial charge in [-0.15, -0.1) is 18.9 Å². The van der Waals surface area contributed by atoms with Gasteiger partial charge < -0.3 is 13.3 Å². The van der Waals surface area contributed by atoms with Crippen LogP contribution in [0.5, 0.6) is 0 Å². The predicted octanol–water partition coefficient (Wildman–Crippen LogP) is 10.4. The van der Waals surface area contributed by atoms with Crippen molar-refractivity contribution in [3.05, 3.63) is 12.7 Å². The third kappa shape index (κ3) is 12.3. The van der Waals surface area contributed by atoms with E-state index in [4.69, 9.17) is 19.7 Å². The summed E-state index contributed by atoms with van der Waals surface area (Å²) in [6, 6.07) is 0. The van der Waals surface area contributed by atoms with Crippen LogP contribution >= 0.6 is 0 Å². The van der Waals surface area contributed by atoms with Crippen molar-refractivity contribution in [2.24, 2.45) is 5.92 Å². The third-order valence-electron chi connectivity index (χ3n) is 8.89. The molecule has 3 atom stereocenters. The molecule has 0 radical (unpaired) electrons. The Hall–Kier alpha value is -0.169. The van der Waals surface area contributed by atoms with Gasteiger partial charge in [-0.05, 0) is 67.2 Å². The zero-order valence-corrected chi connectivity index (χ0v) is 31.1. The van der Waals surface area contributed by atoms with E-state index in [1.165, 1.54) is 0 Å². The number of hydrogen-bond acceptors (Lipinski definition) is 3. The Morgan fingerprint density at radius 3 is 1.51 bits per heavy atom. The predicted molar refractivity (Wildman–Crippen MR) is 175 cm³/mol. The molecule has 0 bridgehead atoms. The van der Waals surface area contributed by atoms with Crippen LogP contribution in [-0.4, -0.2) is 43.8 Å². The first-order valence-electron chi connectivity index (χ1n) is 14.5. The van der Waals surface area contributed by atoms with Crippen LogP contribution in [0.2, 0.25) is 54.4 Å². The van der Waals surface area contributed by atoms with Gasteiger partial charge >= 0.3 is 0 Å². The van der Waals surface area contributed by atoms with Gasteiger partial charge in [0.2, 0.25) is 0 Å². The van der Waals surface area contributed by atoms with E-state index in [1.807, 2.05) is 19.9 Å². The van der Waals surface area contributed by atoms with Gasteiger partial charge in [0.15, 0.2) is 25.0 Å². The highest BCUT2D eigenvalue weighted by molar-refractivity contribution is 6.75. The fourth-order valence-electron chi connectivity index (χ4n) is 3.20. The van der Waals surface area contributed by atoms with Crippen molar-refractivity contribution < 1.29 is 13.3 Å². The van der Waals surface area contributed by atoms with E-state index in [9.17, 15) is 0 Å². The maximum Gasteiger partial charge on any atom is 0.192 e. The van der Waals surface area contributed by atoms with Gasteiger partial charge in [-0.2, -0.15) is 0 Å². The zero-order valence-electron chi connectivity index (χ0n) is 28.1. The van der Waals surface area contributed by atoms with Crippen LogP contribution in [-0.2, 0) is 13.3 Å². The molecule has 0 aliphatic carbocycles. The van der Waals surface area contributed by atoms with Gasteiger partial charge in [0.1, 0.15) is 0 Å². The highest BCUT2D eigenvalue weighted by Gasteiger charge is 2.45. The molecule has 0 spiro atoms. The monoisotopic (exact) mass is 570 g/mol. The van der Waals surface area contributed by atoms with Crippen LogP contribution in [0.25, 0.3) is 0 Å². The van der Waals surface area contributed by atoms with Crippen molar-refractivity contribution in [2.75, 3.05) is 6.61 Å². The Bertz CT molecular complexity index is 701. The van der Waals surface area contributed by atoms with Gasteiger partial charge in [0.25, 0.3) is 0 Å². The third-order valence-corrected chi connectivity index (χ3v) is 22.4. The normalized spacial score (nSPS) is 16.2. The van der Waals surface area contributed by atoms with Crippen molar-refractivity contribution in [3.63, 3.8) is 0 Å². The summed E-state index contributed by atoms with van der Waals surface area (Å²) in [6.45, 7) is 43.4. The Morgan fingerprint density at radius 2 is 1.16 bits per heavy atom. The van der Waals surface area contributed by atoms with Gasteiger partial charge in [-0.1, -0.05) is 82.2 Å². The van der Waals surface area contributed by atoms with E-state index in [1.54, 1.807) is 0 Å². The average Bonchev–Trinajstić information content (AvgIpc) is 2.71. The molecule has 0 saturated heterocycles. The molecule has 0 fully saturated rings. The van der Waals surface area contributed by atoms with E-state index < -0.39 is 25.0 Å². The highest BCUT2D eigenvalue weighted by Crippen LogP contribution is 2.42. The van der Waals surface area contributed by atoms with Crippen molar-refractivity contribution in [1.29, 1.82) is 0 Å². The summed E-state index contributed by atoms with van der Waals surface area (Å²) in [5.74, 6) is 3.07. The van der Waals surface area contributed by atoms with Gasteiger partial charge in [-0.25, -0.2) is 0 Å². The molecule has 0 amide bonds. The zero-order chi connectivity index (χ0) is 30.1. The van der Waals surface area contributed by atoms with Crippen LogP contribution in [0.4, 0.5) is 0 Å². The van der Waals surface area contributed by atoms with E-state index >= 15 is 0 Å². The topological polar surface area (TPSA) is 27.7 Å². The minimum Gasteiger partial charge on any atom is -0.417 e. The van der Waals surface area contributed by atoms with E-state index in [-0.39, 0.29) is 33.2 Å². The smallest absolute Gasteiger partial charge is 0.192 e. The summed E-state index contributed by atoms with van der Waals surface area (Å²) in [5.41, 5.74) is 0. The lowest BCUT2D eigenvalue weighted by atomic mass is 9.89. The average molecular weight is 571 g/mol. The summed E-state index contributed by atoms with van der Waals surface area (Å²) in [4.78, 5) is 0. The van der Waals surface area contributed by atoms with Crippen molar-refractivity contribution >= 4 is 25.0 Å². The van der Waals surface area contributed by atoms with Crippen LogP contribution in [0, 0.1) is 18.3 Å². The summed E-state index contributed by atoms with van der Waals surface area (Å²) in [7, 11) is -5.81. The number of rotatable bonds is 13. The fraction of sp³-hybridized carbons (Fsp3) is 0.871. The first-order valence-corrected chi connectivity index (χ1v) is 23.2. The van der Waals surface area contributed by atoms with Gasteiger partial charge in [0.05, 0.1) is 12.2 Å². The minimum atomic E-state index is -2.02. The van der Waals surface area contributed by atoms with Crippen LogP contribution in [0.15, 0.2) is 12.7 Å². The molecule has 220 valence electrons. The molecule has 0 N–H and O–H groups in total. The Labute approximate surface area is 237 Å².